The number of Topliss-reactive ketones (excluding diaryl/α,β-unsaturated/α-hetero) is 1. The van der Waals surface area contributed by atoms with Crippen LogP contribution in [0.25, 0.3) is 0 Å². The Morgan fingerprint density at radius 2 is 1.94 bits per heavy atom. The summed E-state index contributed by atoms with van der Waals surface area (Å²) in [5.41, 5.74) is 0.868. The van der Waals surface area contributed by atoms with Gasteiger partial charge in [-0.3, -0.25) is 9.59 Å². The van der Waals surface area contributed by atoms with Gasteiger partial charge in [-0.25, -0.2) is 4.98 Å². The number of carbonyl (C=O) groups is 2. The number of rotatable bonds is 3. The number of halogens is 1. The standard InChI is InChI=1S/C12H10ClN3O2/c1-7(17)10-11(15-6-14-10)12(18)16-9-4-2-8(13)3-5-9/h2-6H,1H3,(H,14,15)(H,16,18). The summed E-state index contributed by atoms with van der Waals surface area (Å²) >= 11 is 5.74. The highest BCUT2D eigenvalue weighted by atomic mass is 35.5. The zero-order chi connectivity index (χ0) is 13.1. The Morgan fingerprint density at radius 3 is 2.56 bits per heavy atom. The van der Waals surface area contributed by atoms with Crippen LogP contribution in [0, 0.1) is 0 Å². The lowest BCUT2D eigenvalue weighted by Gasteiger charge is -2.04. The van der Waals surface area contributed by atoms with Crippen LogP contribution < -0.4 is 5.32 Å². The van der Waals surface area contributed by atoms with Crippen LogP contribution in [0.1, 0.15) is 27.9 Å². The number of aromatic amines is 1. The molecule has 0 aliphatic heterocycles. The summed E-state index contributed by atoms with van der Waals surface area (Å²) in [5, 5.41) is 3.23. The van der Waals surface area contributed by atoms with Crippen LogP contribution in [0.15, 0.2) is 30.6 Å². The zero-order valence-corrected chi connectivity index (χ0v) is 10.3. The van der Waals surface area contributed by atoms with Crippen LogP contribution in [0.5, 0.6) is 0 Å². The number of hydrogen-bond donors (Lipinski definition) is 2. The molecule has 1 aromatic carbocycles. The smallest absolute Gasteiger partial charge is 0.274 e. The summed E-state index contributed by atoms with van der Waals surface area (Å²) in [4.78, 5) is 29.6. The van der Waals surface area contributed by atoms with Gasteiger partial charge in [-0.1, -0.05) is 11.6 Å². The molecule has 0 saturated carbocycles. The first-order chi connectivity index (χ1) is 8.58. The summed E-state index contributed by atoms with van der Waals surface area (Å²) in [6, 6.07) is 6.67. The molecule has 6 heteroatoms. The highest BCUT2D eigenvalue weighted by Crippen LogP contribution is 2.14. The quantitative estimate of drug-likeness (QED) is 0.836. The van der Waals surface area contributed by atoms with Crippen LogP contribution >= 0.6 is 11.6 Å². The van der Waals surface area contributed by atoms with Crippen LogP contribution in [-0.2, 0) is 0 Å². The maximum atomic E-state index is 11.9. The number of nitrogens with one attached hydrogen (secondary N) is 2. The van der Waals surface area contributed by atoms with Gasteiger partial charge in [0, 0.05) is 17.6 Å². The highest BCUT2D eigenvalue weighted by molar-refractivity contribution is 6.30. The Morgan fingerprint density at radius 1 is 1.28 bits per heavy atom. The van der Waals surface area contributed by atoms with Crippen molar-refractivity contribution >= 4 is 29.0 Å². The Balaban J connectivity index is 2.19. The van der Waals surface area contributed by atoms with E-state index in [1.54, 1.807) is 24.3 Å². The van der Waals surface area contributed by atoms with Crippen molar-refractivity contribution in [2.75, 3.05) is 5.32 Å². The number of H-pyrrole nitrogens is 1. The third-order valence-electron chi connectivity index (χ3n) is 2.30. The molecular weight excluding hydrogens is 254 g/mol. The van der Waals surface area contributed by atoms with Crippen molar-refractivity contribution in [1.29, 1.82) is 0 Å². The van der Waals surface area contributed by atoms with E-state index in [4.69, 9.17) is 11.6 Å². The van der Waals surface area contributed by atoms with Gasteiger partial charge in [-0.05, 0) is 24.3 Å². The van der Waals surface area contributed by atoms with Gasteiger partial charge in [-0.15, -0.1) is 0 Å². The van der Waals surface area contributed by atoms with E-state index in [1.165, 1.54) is 13.3 Å². The van der Waals surface area contributed by atoms with Gasteiger partial charge in [0.05, 0.1) is 6.33 Å². The largest absolute Gasteiger partial charge is 0.340 e. The van der Waals surface area contributed by atoms with Crippen molar-refractivity contribution in [2.45, 2.75) is 6.92 Å². The average molecular weight is 264 g/mol. The molecular formula is C12H10ClN3O2. The molecule has 5 nitrogen and oxygen atoms in total. The molecule has 0 atom stereocenters. The molecule has 0 saturated heterocycles. The van der Waals surface area contributed by atoms with Crippen molar-refractivity contribution in [1.82, 2.24) is 9.97 Å². The molecule has 0 spiro atoms. The minimum Gasteiger partial charge on any atom is -0.340 e. The van der Waals surface area contributed by atoms with E-state index in [0.29, 0.717) is 10.7 Å². The number of carbonyl (C=O) groups excluding carboxylic acids is 2. The molecule has 1 amide bonds. The molecule has 2 N–H and O–H groups in total. The Bertz CT molecular complexity index is 590. The van der Waals surface area contributed by atoms with E-state index in [-0.39, 0.29) is 17.2 Å². The topological polar surface area (TPSA) is 74.8 Å². The molecule has 0 radical (unpaired) electrons. The van der Waals surface area contributed by atoms with E-state index in [9.17, 15) is 9.59 Å². The predicted molar refractivity (Wildman–Crippen MR) is 68.0 cm³/mol. The van der Waals surface area contributed by atoms with Crippen LogP contribution in [-0.4, -0.2) is 21.7 Å². The second kappa shape index (κ2) is 5.01. The number of aromatic nitrogens is 2. The minimum atomic E-state index is -0.417. The molecule has 2 rings (SSSR count). The van der Waals surface area contributed by atoms with E-state index in [2.05, 4.69) is 15.3 Å². The van der Waals surface area contributed by atoms with E-state index >= 15 is 0 Å². The highest BCUT2D eigenvalue weighted by Gasteiger charge is 2.17. The van der Waals surface area contributed by atoms with Crippen LogP contribution in [0.4, 0.5) is 5.69 Å². The van der Waals surface area contributed by atoms with Gasteiger partial charge < -0.3 is 10.3 Å². The molecule has 18 heavy (non-hydrogen) atoms. The lowest BCUT2D eigenvalue weighted by Crippen LogP contribution is -2.15. The van der Waals surface area contributed by atoms with Gasteiger partial charge in [0.25, 0.3) is 5.91 Å². The van der Waals surface area contributed by atoms with Crippen molar-refractivity contribution < 1.29 is 9.59 Å². The number of ketones is 1. The van der Waals surface area contributed by atoms with Gasteiger partial charge in [0.1, 0.15) is 11.4 Å². The molecule has 92 valence electrons. The van der Waals surface area contributed by atoms with Crippen molar-refractivity contribution in [3.8, 4) is 0 Å². The van der Waals surface area contributed by atoms with Crippen molar-refractivity contribution in [3.63, 3.8) is 0 Å². The Hall–Kier alpha value is -2.14. The number of imidazole rings is 1. The Kier molecular flexibility index (Phi) is 3.43. The van der Waals surface area contributed by atoms with Crippen LogP contribution in [0.2, 0.25) is 5.02 Å². The number of benzene rings is 1. The number of hydrogen-bond acceptors (Lipinski definition) is 3. The van der Waals surface area contributed by atoms with E-state index in [1.807, 2.05) is 0 Å². The third-order valence-corrected chi connectivity index (χ3v) is 2.55. The fourth-order valence-corrected chi connectivity index (χ4v) is 1.59. The molecule has 0 unspecified atom stereocenters. The fourth-order valence-electron chi connectivity index (χ4n) is 1.46. The molecule has 0 bridgehead atoms. The minimum absolute atomic E-state index is 0.126. The molecule has 2 aromatic rings. The summed E-state index contributed by atoms with van der Waals surface area (Å²) in [5.74, 6) is -0.683. The third kappa shape index (κ3) is 2.57. The van der Waals surface area contributed by atoms with Crippen molar-refractivity contribution in [3.05, 3.63) is 47.0 Å². The van der Waals surface area contributed by atoms with Gasteiger partial charge in [0.15, 0.2) is 5.78 Å². The first-order valence-corrected chi connectivity index (χ1v) is 5.57. The monoisotopic (exact) mass is 263 g/mol. The predicted octanol–water partition coefficient (Wildman–Crippen LogP) is 2.52. The maximum absolute atomic E-state index is 11.9. The van der Waals surface area contributed by atoms with E-state index in [0.717, 1.165) is 0 Å². The lowest BCUT2D eigenvalue weighted by atomic mass is 10.2. The van der Waals surface area contributed by atoms with Crippen molar-refractivity contribution in [2.24, 2.45) is 0 Å². The van der Waals surface area contributed by atoms with Gasteiger partial charge in [0.2, 0.25) is 0 Å². The van der Waals surface area contributed by atoms with Crippen LogP contribution in [0.3, 0.4) is 0 Å². The Labute approximate surface area is 108 Å². The molecule has 1 aromatic heterocycles. The molecule has 0 aliphatic carbocycles. The summed E-state index contributed by atoms with van der Waals surface area (Å²) in [6.07, 6.45) is 1.31. The summed E-state index contributed by atoms with van der Waals surface area (Å²) in [6.45, 7) is 1.36. The van der Waals surface area contributed by atoms with E-state index < -0.39 is 5.91 Å². The molecule has 1 heterocycles. The maximum Gasteiger partial charge on any atom is 0.274 e. The summed E-state index contributed by atoms with van der Waals surface area (Å²) < 4.78 is 0. The first kappa shape index (κ1) is 12.3. The average Bonchev–Trinajstić information content (AvgIpc) is 2.81. The number of nitrogens with zero attached hydrogens (tertiary/aromatic N) is 1. The second-order valence-electron chi connectivity index (χ2n) is 3.64. The van der Waals surface area contributed by atoms with Gasteiger partial charge >= 0.3 is 0 Å². The molecule has 0 fully saturated rings. The zero-order valence-electron chi connectivity index (χ0n) is 9.53. The SMILES string of the molecule is CC(=O)c1nc[nH]c1C(=O)Nc1ccc(Cl)cc1. The lowest BCUT2D eigenvalue weighted by molar-refractivity contribution is 0.0980. The van der Waals surface area contributed by atoms with Gasteiger partial charge in [-0.2, -0.15) is 0 Å². The first-order valence-electron chi connectivity index (χ1n) is 5.19. The second-order valence-corrected chi connectivity index (χ2v) is 4.08. The summed E-state index contributed by atoms with van der Waals surface area (Å²) in [7, 11) is 0. The molecule has 0 aliphatic rings. The number of amides is 1. The fraction of sp³-hybridized carbons (Fsp3) is 0.0833. The number of anilines is 1. The normalized spacial score (nSPS) is 10.1.